The first-order valence-corrected chi connectivity index (χ1v) is 6.85. The van der Waals surface area contributed by atoms with Gasteiger partial charge >= 0.3 is 0 Å². The number of carbonyl (C=O) groups excluding carboxylic acids is 1. The molecule has 2 aromatic rings. The van der Waals surface area contributed by atoms with E-state index in [1.165, 1.54) is 0 Å². The van der Waals surface area contributed by atoms with Gasteiger partial charge in [-0.2, -0.15) is 0 Å². The van der Waals surface area contributed by atoms with Crippen LogP contribution in [-0.4, -0.2) is 5.78 Å². The third-order valence-corrected chi connectivity index (χ3v) is 2.98. The van der Waals surface area contributed by atoms with E-state index >= 15 is 0 Å². The van der Waals surface area contributed by atoms with E-state index in [2.05, 4.69) is 32.9 Å². The molecule has 0 saturated heterocycles. The first-order valence-electron chi connectivity index (χ1n) is 6.85. The Bertz CT molecular complexity index is 598. The zero-order chi connectivity index (χ0) is 14.6. The predicted octanol–water partition coefficient (Wildman–Crippen LogP) is 4.98. The molecule has 0 aliphatic rings. The minimum absolute atomic E-state index is 0.0666. The van der Waals surface area contributed by atoms with Crippen LogP contribution in [0.4, 0.5) is 0 Å². The maximum atomic E-state index is 12.3. The zero-order valence-electron chi connectivity index (χ0n) is 12.3. The summed E-state index contributed by atoms with van der Waals surface area (Å²) in [7, 11) is 0. The molecule has 0 saturated carbocycles. The van der Waals surface area contributed by atoms with E-state index < -0.39 is 0 Å². The molecule has 0 spiro atoms. The molecule has 0 atom stereocenters. The average molecular weight is 264 g/mol. The van der Waals surface area contributed by atoms with E-state index in [4.69, 9.17) is 0 Å². The first-order chi connectivity index (χ1) is 9.46. The van der Waals surface area contributed by atoms with E-state index in [1.54, 1.807) is 0 Å². The molecule has 2 rings (SSSR count). The van der Waals surface area contributed by atoms with Gasteiger partial charge in [-0.3, -0.25) is 4.79 Å². The summed E-state index contributed by atoms with van der Waals surface area (Å²) in [4.78, 5) is 12.3. The summed E-state index contributed by atoms with van der Waals surface area (Å²) in [6.07, 6.45) is 4.26. The van der Waals surface area contributed by atoms with Crippen LogP contribution in [0.3, 0.4) is 0 Å². The highest BCUT2D eigenvalue weighted by Crippen LogP contribution is 2.18. The summed E-state index contributed by atoms with van der Waals surface area (Å²) in [5.41, 5.74) is 2.73. The Balaban J connectivity index is 2.17. The molecule has 1 heteroatoms. The van der Waals surface area contributed by atoms with Crippen molar-refractivity contribution in [1.82, 2.24) is 0 Å². The van der Waals surface area contributed by atoms with Crippen molar-refractivity contribution < 1.29 is 4.79 Å². The lowest BCUT2D eigenvalue weighted by atomic mass is 9.95. The monoisotopic (exact) mass is 264 g/mol. The van der Waals surface area contributed by atoms with Crippen LogP contribution in [0, 0.1) is 5.41 Å². The van der Waals surface area contributed by atoms with Crippen molar-refractivity contribution in [3.05, 3.63) is 77.4 Å². The third kappa shape index (κ3) is 3.92. The Morgan fingerprint density at radius 2 is 1.40 bits per heavy atom. The number of allylic oxidation sites excluding steroid dienone is 1. The topological polar surface area (TPSA) is 17.1 Å². The maximum Gasteiger partial charge on any atom is 0.193 e. The Kier molecular flexibility index (Phi) is 4.19. The summed E-state index contributed by atoms with van der Waals surface area (Å²) in [5, 5.41) is 0. The second-order valence-electron chi connectivity index (χ2n) is 6.02. The highest BCUT2D eigenvalue weighted by molar-refractivity contribution is 6.09. The van der Waals surface area contributed by atoms with Crippen molar-refractivity contribution in [2.75, 3.05) is 0 Å². The molecule has 0 aromatic heterocycles. The van der Waals surface area contributed by atoms with Gasteiger partial charge in [0, 0.05) is 11.1 Å². The van der Waals surface area contributed by atoms with Gasteiger partial charge in [-0.05, 0) is 11.0 Å². The van der Waals surface area contributed by atoms with Gasteiger partial charge < -0.3 is 0 Å². The Hall–Kier alpha value is -2.15. The fourth-order valence-electron chi connectivity index (χ4n) is 1.85. The normalized spacial score (nSPS) is 11.8. The summed E-state index contributed by atoms with van der Waals surface area (Å²) in [6.45, 7) is 6.49. The van der Waals surface area contributed by atoms with E-state index in [1.807, 2.05) is 54.6 Å². The lowest BCUT2D eigenvalue weighted by Crippen LogP contribution is -2.00. The molecule has 0 heterocycles. The van der Waals surface area contributed by atoms with Crippen molar-refractivity contribution in [3.8, 4) is 0 Å². The molecular weight excluding hydrogens is 244 g/mol. The van der Waals surface area contributed by atoms with Gasteiger partial charge in [-0.1, -0.05) is 87.5 Å². The van der Waals surface area contributed by atoms with Crippen LogP contribution in [0.15, 0.2) is 60.7 Å². The Morgan fingerprint density at radius 3 is 1.95 bits per heavy atom. The average Bonchev–Trinajstić information content (AvgIpc) is 2.45. The molecule has 20 heavy (non-hydrogen) atoms. The van der Waals surface area contributed by atoms with Gasteiger partial charge in [-0.15, -0.1) is 0 Å². The Morgan fingerprint density at radius 1 is 0.850 bits per heavy atom. The van der Waals surface area contributed by atoms with Crippen molar-refractivity contribution in [3.63, 3.8) is 0 Å². The van der Waals surface area contributed by atoms with Crippen LogP contribution >= 0.6 is 0 Å². The minimum atomic E-state index is 0.0666. The standard InChI is InChI=1S/C19H20O/c1-19(2,3)14-13-15-9-11-17(12-10-15)18(20)16-7-5-4-6-8-16/h4-14H,1-3H3/b14-13+. The highest BCUT2D eigenvalue weighted by atomic mass is 16.1. The molecule has 102 valence electrons. The van der Waals surface area contributed by atoms with Gasteiger partial charge in [-0.25, -0.2) is 0 Å². The second-order valence-corrected chi connectivity index (χ2v) is 6.02. The number of hydrogen-bond donors (Lipinski definition) is 0. The van der Waals surface area contributed by atoms with Crippen LogP contribution in [0.25, 0.3) is 6.08 Å². The lowest BCUT2D eigenvalue weighted by Gasteiger charge is -2.11. The summed E-state index contributed by atoms with van der Waals surface area (Å²) in [6, 6.07) is 17.1. The Labute approximate surface area is 121 Å². The fraction of sp³-hybridized carbons (Fsp3) is 0.211. The van der Waals surface area contributed by atoms with Gasteiger partial charge in [0.05, 0.1) is 0 Å². The maximum absolute atomic E-state index is 12.3. The summed E-state index contributed by atoms with van der Waals surface area (Å²) in [5.74, 6) is 0.0666. The lowest BCUT2D eigenvalue weighted by molar-refractivity contribution is 0.103. The molecule has 0 N–H and O–H groups in total. The molecule has 0 unspecified atom stereocenters. The molecule has 0 fully saturated rings. The van der Waals surface area contributed by atoms with E-state index in [-0.39, 0.29) is 11.2 Å². The number of benzene rings is 2. The van der Waals surface area contributed by atoms with Crippen LogP contribution in [0.2, 0.25) is 0 Å². The quantitative estimate of drug-likeness (QED) is 0.715. The molecular formula is C19H20O. The largest absolute Gasteiger partial charge is 0.289 e. The van der Waals surface area contributed by atoms with Crippen molar-refractivity contribution in [1.29, 1.82) is 0 Å². The van der Waals surface area contributed by atoms with E-state index in [9.17, 15) is 4.79 Å². The SMILES string of the molecule is CC(C)(C)/C=C/c1ccc(C(=O)c2ccccc2)cc1. The summed E-state index contributed by atoms with van der Waals surface area (Å²) >= 11 is 0. The first kappa shape index (κ1) is 14.3. The van der Waals surface area contributed by atoms with Gasteiger partial charge in [0.1, 0.15) is 0 Å². The van der Waals surface area contributed by atoms with E-state index in [0.717, 1.165) is 16.7 Å². The molecule has 1 nitrogen and oxygen atoms in total. The number of hydrogen-bond acceptors (Lipinski definition) is 1. The van der Waals surface area contributed by atoms with Crippen LogP contribution < -0.4 is 0 Å². The molecule has 0 amide bonds. The summed E-state index contributed by atoms with van der Waals surface area (Å²) < 4.78 is 0. The molecule has 0 bridgehead atoms. The predicted molar refractivity (Wildman–Crippen MR) is 84.8 cm³/mol. The van der Waals surface area contributed by atoms with Crippen molar-refractivity contribution >= 4 is 11.9 Å². The second kappa shape index (κ2) is 5.87. The van der Waals surface area contributed by atoms with Gasteiger partial charge in [0.2, 0.25) is 0 Å². The minimum Gasteiger partial charge on any atom is -0.289 e. The fourth-order valence-corrected chi connectivity index (χ4v) is 1.85. The third-order valence-electron chi connectivity index (χ3n) is 2.98. The van der Waals surface area contributed by atoms with E-state index in [0.29, 0.717) is 0 Å². The molecule has 0 aliphatic carbocycles. The highest BCUT2D eigenvalue weighted by Gasteiger charge is 2.08. The van der Waals surface area contributed by atoms with Crippen LogP contribution in [0.1, 0.15) is 42.3 Å². The van der Waals surface area contributed by atoms with Crippen molar-refractivity contribution in [2.45, 2.75) is 20.8 Å². The van der Waals surface area contributed by atoms with Gasteiger partial charge in [0.25, 0.3) is 0 Å². The van der Waals surface area contributed by atoms with Gasteiger partial charge in [0.15, 0.2) is 5.78 Å². The molecule has 0 radical (unpaired) electrons. The number of ketones is 1. The van der Waals surface area contributed by atoms with Crippen LogP contribution in [-0.2, 0) is 0 Å². The number of carbonyl (C=O) groups is 1. The van der Waals surface area contributed by atoms with Crippen LogP contribution in [0.5, 0.6) is 0 Å². The van der Waals surface area contributed by atoms with Crippen molar-refractivity contribution in [2.24, 2.45) is 5.41 Å². The zero-order valence-corrected chi connectivity index (χ0v) is 12.3. The smallest absolute Gasteiger partial charge is 0.193 e. The molecule has 2 aromatic carbocycles. The number of rotatable bonds is 3. The molecule has 0 aliphatic heterocycles.